The van der Waals surface area contributed by atoms with Gasteiger partial charge in [0.25, 0.3) is 0 Å². The van der Waals surface area contributed by atoms with Gasteiger partial charge in [0.15, 0.2) is 0 Å². The van der Waals surface area contributed by atoms with Gasteiger partial charge in [-0.2, -0.15) is 13.2 Å². The number of ether oxygens (including phenoxy) is 1. The number of carbonyl (C=O) groups is 1. The highest BCUT2D eigenvalue weighted by Crippen LogP contribution is 2.25. The maximum Gasteiger partial charge on any atom is 0.411 e. The number of halogens is 4. The number of carbonyl (C=O) groups excluding carboxylic acids is 1. The first-order valence-electron chi connectivity index (χ1n) is 5.94. The molecule has 1 rings (SSSR count). The first-order valence-corrected chi connectivity index (χ1v) is 6.47. The molecule has 1 amide bonds. The largest absolute Gasteiger partial charge is 0.411 e. The third-order valence-corrected chi connectivity index (χ3v) is 3.13. The van der Waals surface area contributed by atoms with Gasteiger partial charge in [-0.15, -0.1) is 11.6 Å². The van der Waals surface area contributed by atoms with E-state index in [9.17, 15) is 18.0 Å². The molecule has 18 heavy (non-hydrogen) atoms. The lowest BCUT2D eigenvalue weighted by molar-refractivity contribution is -0.178. The Morgan fingerprint density at radius 2 is 2.06 bits per heavy atom. The Bertz CT molecular complexity index is 270. The molecule has 0 aromatic carbocycles. The number of alkyl halides is 4. The normalized spacial score (nSPS) is 16.4. The summed E-state index contributed by atoms with van der Waals surface area (Å²) in [5.74, 6) is 0.0500. The Balaban J connectivity index is 2.34. The molecule has 0 N–H and O–H groups in total. The van der Waals surface area contributed by atoms with Crippen LogP contribution in [-0.4, -0.2) is 48.7 Å². The molecule has 0 unspecified atom stereocenters. The van der Waals surface area contributed by atoms with E-state index in [-0.39, 0.29) is 11.9 Å². The van der Waals surface area contributed by atoms with Crippen molar-refractivity contribution < 1.29 is 22.7 Å². The fraction of sp³-hybridized carbons (Fsp3) is 0.909. The van der Waals surface area contributed by atoms with Gasteiger partial charge in [0.2, 0.25) is 5.91 Å². The van der Waals surface area contributed by atoms with Crippen LogP contribution < -0.4 is 0 Å². The van der Waals surface area contributed by atoms with Crippen molar-refractivity contribution in [2.24, 2.45) is 0 Å². The highest BCUT2D eigenvalue weighted by Gasteiger charge is 2.31. The van der Waals surface area contributed by atoms with Crippen LogP contribution in [0.25, 0.3) is 0 Å². The summed E-state index contributed by atoms with van der Waals surface area (Å²) in [7, 11) is 0. The Kier molecular flexibility index (Phi) is 6.21. The minimum absolute atomic E-state index is 0.148. The van der Waals surface area contributed by atoms with Crippen LogP contribution in [0.2, 0.25) is 0 Å². The van der Waals surface area contributed by atoms with Gasteiger partial charge in [0.05, 0.1) is 0 Å². The summed E-state index contributed by atoms with van der Waals surface area (Å²) < 4.78 is 40.0. The lowest BCUT2D eigenvalue weighted by Crippen LogP contribution is -2.46. The van der Waals surface area contributed by atoms with E-state index < -0.39 is 19.4 Å². The van der Waals surface area contributed by atoms with E-state index in [2.05, 4.69) is 4.74 Å². The van der Waals surface area contributed by atoms with Crippen molar-refractivity contribution in [3.63, 3.8) is 0 Å². The summed E-state index contributed by atoms with van der Waals surface area (Å²) in [6, 6.07) is 0.148. The van der Waals surface area contributed by atoms with Crippen molar-refractivity contribution in [1.29, 1.82) is 0 Å². The van der Waals surface area contributed by atoms with Crippen molar-refractivity contribution >= 4 is 17.5 Å². The molecule has 0 bridgehead atoms. The third kappa shape index (κ3) is 5.44. The number of rotatable bonds is 7. The maximum atomic E-state index is 11.9. The Hall–Kier alpha value is -0.490. The fourth-order valence-corrected chi connectivity index (χ4v) is 1.90. The van der Waals surface area contributed by atoms with Crippen molar-refractivity contribution in [3.05, 3.63) is 0 Å². The molecule has 7 heteroatoms. The summed E-state index contributed by atoms with van der Waals surface area (Å²) in [5, 5.41) is 0. The lowest BCUT2D eigenvalue weighted by atomic mass is 9.91. The van der Waals surface area contributed by atoms with Gasteiger partial charge in [-0.25, -0.2) is 0 Å². The van der Waals surface area contributed by atoms with Crippen molar-refractivity contribution in [2.75, 3.05) is 25.6 Å². The third-order valence-electron chi connectivity index (χ3n) is 2.86. The molecular formula is C11H17ClF3NO2. The summed E-state index contributed by atoms with van der Waals surface area (Å²) in [6.07, 6.45) is -0.875. The predicted octanol–water partition coefficient (Wildman–Crippen LogP) is 2.58. The first kappa shape index (κ1) is 15.6. The smallest absolute Gasteiger partial charge is 0.362 e. The first-order chi connectivity index (χ1) is 8.44. The quantitative estimate of drug-likeness (QED) is 0.674. The van der Waals surface area contributed by atoms with E-state index in [0.29, 0.717) is 18.8 Å². The highest BCUT2D eigenvalue weighted by atomic mass is 35.5. The van der Waals surface area contributed by atoms with Crippen LogP contribution in [0, 0.1) is 0 Å². The van der Waals surface area contributed by atoms with Crippen molar-refractivity contribution in [1.82, 2.24) is 4.90 Å². The summed E-state index contributed by atoms with van der Waals surface area (Å²) in [4.78, 5) is 13.4. The Labute approximate surface area is 109 Å². The van der Waals surface area contributed by atoms with Crippen LogP contribution in [0.3, 0.4) is 0 Å². The van der Waals surface area contributed by atoms with Gasteiger partial charge in [-0.05, 0) is 25.7 Å². The van der Waals surface area contributed by atoms with E-state index in [1.807, 2.05) is 0 Å². The highest BCUT2D eigenvalue weighted by molar-refractivity contribution is 6.17. The minimum atomic E-state index is -4.39. The van der Waals surface area contributed by atoms with E-state index in [4.69, 9.17) is 11.6 Å². The molecule has 0 aromatic rings. The van der Waals surface area contributed by atoms with Gasteiger partial charge >= 0.3 is 6.18 Å². The second kappa shape index (κ2) is 7.19. The maximum absolute atomic E-state index is 11.9. The zero-order valence-corrected chi connectivity index (χ0v) is 10.8. The SMILES string of the molecule is O=C(COCC(F)(F)F)N(CCCCl)C1CCC1. The van der Waals surface area contributed by atoms with E-state index in [1.54, 1.807) is 4.90 Å². The second-order valence-corrected chi connectivity index (χ2v) is 4.70. The van der Waals surface area contributed by atoms with Crippen molar-refractivity contribution in [3.8, 4) is 0 Å². The lowest BCUT2D eigenvalue weighted by Gasteiger charge is -2.37. The monoisotopic (exact) mass is 287 g/mol. The topological polar surface area (TPSA) is 29.5 Å². The molecule has 1 aliphatic carbocycles. The second-order valence-electron chi connectivity index (χ2n) is 4.32. The number of nitrogens with zero attached hydrogens (tertiary/aromatic N) is 1. The molecule has 0 aromatic heterocycles. The molecule has 106 valence electrons. The van der Waals surface area contributed by atoms with Gasteiger partial charge in [0.1, 0.15) is 13.2 Å². The number of hydrogen-bond donors (Lipinski definition) is 0. The fourth-order valence-electron chi connectivity index (χ4n) is 1.78. The molecule has 0 radical (unpaired) electrons. The molecule has 3 nitrogen and oxygen atoms in total. The molecule has 1 saturated carbocycles. The number of hydrogen-bond acceptors (Lipinski definition) is 2. The standard InChI is InChI=1S/C11H17ClF3NO2/c12-5-2-6-16(9-3-1-4-9)10(17)7-18-8-11(13,14)15/h9H,1-8H2. The zero-order chi connectivity index (χ0) is 13.6. The summed E-state index contributed by atoms with van der Waals surface area (Å²) in [5.41, 5.74) is 0. The molecule has 0 atom stereocenters. The average molecular weight is 288 g/mol. The van der Waals surface area contributed by atoms with Gasteiger partial charge in [-0.3, -0.25) is 4.79 Å². The predicted molar refractivity (Wildman–Crippen MR) is 61.6 cm³/mol. The van der Waals surface area contributed by atoms with Crippen LogP contribution in [-0.2, 0) is 9.53 Å². The van der Waals surface area contributed by atoms with Crippen LogP contribution >= 0.6 is 11.6 Å². The summed E-state index contributed by atoms with van der Waals surface area (Å²) >= 11 is 5.56. The van der Waals surface area contributed by atoms with Gasteiger partial charge < -0.3 is 9.64 Å². The minimum Gasteiger partial charge on any atom is -0.362 e. The molecule has 1 fully saturated rings. The number of amides is 1. The molecule has 0 spiro atoms. The van der Waals surface area contributed by atoms with Crippen LogP contribution in [0.5, 0.6) is 0 Å². The molecule has 0 aliphatic heterocycles. The molecular weight excluding hydrogens is 271 g/mol. The zero-order valence-electron chi connectivity index (χ0n) is 10.0. The Morgan fingerprint density at radius 3 is 2.50 bits per heavy atom. The molecule has 0 heterocycles. The molecule has 1 aliphatic rings. The van der Waals surface area contributed by atoms with E-state index >= 15 is 0 Å². The Morgan fingerprint density at radius 1 is 1.39 bits per heavy atom. The summed E-state index contributed by atoms with van der Waals surface area (Å²) in [6.45, 7) is -1.41. The average Bonchev–Trinajstić information content (AvgIpc) is 2.19. The molecule has 0 saturated heterocycles. The van der Waals surface area contributed by atoms with E-state index in [0.717, 1.165) is 19.3 Å². The van der Waals surface area contributed by atoms with E-state index in [1.165, 1.54) is 0 Å². The van der Waals surface area contributed by atoms with Gasteiger partial charge in [-0.1, -0.05) is 0 Å². The van der Waals surface area contributed by atoms with Crippen LogP contribution in [0.4, 0.5) is 13.2 Å². The van der Waals surface area contributed by atoms with Gasteiger partial charge in [0, 0.05) is 18.5 Å². The van der Waals surface area contributed by atoms with Crippen LogP contribution in [0.15, 0.2) is 0 Å². The van der Waals surface area contributed by atoms with Crippen LogP contribution in [0.1, 0.15) is 25.7 Å². The van der Waals surface area contributed by atoms with Crippen molar-refractivity contribution in [2.45, 2.75) is 37.9 Å².